The van der Waals surface area contributed by atoms with Crippen LogP contribution < -0.4 is 21.3 Å². The van der Waals surface area contributed by atoms with Gasteiger partial charge in [0.2, 0.25) is 5.91 Å². The van der Waals surface area contributed by atoms with Crippen LogP contribution in [0.1, 0.15) is 5.56 Å². The van der Waals surface area contributed by atoms with E-state index in [0.29, 0.717) is 22.6 Å². The van der Waals surface area contributed by atoms with Crippen molar-refractivity contribution in [2.24, 2.45) is 5.73 Å². The largest absolute Gasteiger partial charge is 0.387 e. The highest BCUT2D eigenvalue weighted by atomic mass is 35.5. The molecule has 7 N–H and O–H groups in total. The Morgan fingerprint density at radius 2 is 1.88 bits per heavy atom. The van der Waals surface area contributed by atoms with E-state index in [2.05, 4.69) is 10.6 Å². The minimum Gasteiger partial charge on any atom is -0.387 e. The van der Waals surface area contributed by atoms with Crippen molar-refractivity contribution in [3.8, 4) is 0 Å². The molecule has 2 aromatic carbocycles. The minimum absolute atomic E-state index is 0. The van der Waals surface area contributed by atoms with Crippen molar-refractivity contribution in [2.45, 2.75) is 12.2 Å². The normalized spacial score (nSPS) is 16.4. The van der Waals surface area contributed by atoms with Gasteiger partial charge in [-0.2, -0.15) is 0 Å². The van der Waals surface area contributed by atoms with E-state index >= 15 is 0 Å². The van der Waals surface area contributed by atoms with Crippen molar-refractivity contribution in [1.29, 1.82) is 5.41 Å². The van der Waals surface area contributed by atoms with E-state index in [-0.39, 0.29) is 31.4 Å². The predicted octanol–water partition coefficient (Wildman–Crippen LogP) is 0.0547. The number of ether oxygens (including phenoxy) is 1. The molecule has 0 unspecified atom stereocenters. The lowest BCUT2D eigenvalue weighted by atomic mass is 10.1. The highest BCUT2D eigenvalue weighted by Crippen LogP contribution is 2.24. The van der Waals surface area contributed by atoms with Crippen molar-refractivity contribution in [3.63, 3.8) is 0 Å². The molecule has 12 heteroatoms. The smallest absolute Gasteiger partial charge is 0.259 e. The summed E-state index contributed by atoms with van der Waals surface area (Å²) >= 11 is 0. The van der Waals surface area contributed by atoms with Gasteiger partial charge < -0.3 is 36.2 Å². The number of aliphatic hydroxyl groups is 2. The number of nitrogens with zero attached hydrogens (tertiary/aromatic N) is 1. The lowest BCUT2D eigenvalue weighted by Crippen LogP contribution is -2.55. The van der Waals surface area contributed by atoms with Crippen molar-refractivity contribution in [2.75, 3.05) is 35.3 Å². The fourth-order valence-corrected chi connectivity index (χ4v) is 3.13. The van der Waals surface area contributed by atoms with Gasteiger partial charge in [0, 0.05) is 29.2 Å². The van der Waals surface area contributed by atoms with Gasteiger partial charge in [0.25, 0.3) is 11.8 Å². The lowest BCUT2D eigenvalue weighted by Gasteiger charge is -2.34. The second-order valence-corrected chi connectivity index (χ2v) is 6.96. The van der Waals surface area contributed by atoms with Gasteiger partial charge in [0.15, 0.2) is 12.2 Å². The van der Waals surface area contributed by atoms with E-state index in [0.717, 1.165) is 0 Å². The number of nitrogens with one attached hydrogen (secondary N) is 3. The quantitative estimate of drug-likeness (QED) is 0.241. The maximum absolute atomic E-state index is 12.9. The number of morpholine rings is 1. The maximum Gasteiger partial charge on any atom is 0.259 e. The Kier molecular flexibility index (Phi) is 8.88. The monoisotopic (exact) mass is 477 g/mol. The molecule has 0 spiro atoms. The molecule has 0 bridgehead atoms. The second-order valence-electron chi connectivity index (χ2n) is 6.96. The van der Waals surface area contributed by atoms with Crippen LogP contribution in [0.15, 0.2) is 48.5 Å². The Morgan fingerprint density at radius 3 is 2.52 bits per heavy atom. The maximum atomic E-state index is 12.9. The molecule has 1 aliphatic heterocycles. The number of benzene rings is 2. The molecule has 0 aliphatic carbocycles. The van der Waals surface area contributed by atoms with Gasteiger partial charge in [-0.1, -0.05) is 6.07 Å². The number of hydrogen-bond donors (Lipinski definition) is 6. The molecule has 1 heterocycles. The average Bonchev–Trinajstić information content (AvgIpc) is 2.79. The second kappa shape index (κ2) is 11.4. The minimum atomic E-state index is -1.77. The Labute approximate surface area is 195 Å². The molecule has 2 aromatic rings. The molecule has 11 nitrogen and oxygen atoms in total. The average molecular weight is 478 g/mol. The number of carbonyl (C=O) groups is 3. The Bertz CT molecular complexity index is 1030. The zero-order chi connectivity index (χ0) is 23.3. The fourth-order valence-electron chi connectivity index (χ4n) is 3.13. The molecule has 0 saturated carbocycles. The SMILES string of the molecule is Cl.N=C(N)c1ccc(NC(=O)[C@H](O)[C@H]2OCCN(c3cccc(NC(=O)CO)c3)C2=O)cc1. The summed E-state index contributed by atoms with van der Waals surface area (Å²) in [6, 6.07) is 12.5. The molecule has 0 radical (unpaired) electrons. The number of hydrogen-bond acceptors (Lipinski definition) is 7. The molecule has 0 aromatic heterocycles. The first-order chi connectivity index (χ1) is 15.3. The molecule has 1 fully saturated rings. The molecular weight excluding hydrogens is 454 g/mol. The Balaban J connectivity index is 0.00000385. The van der Waals surface area contributed by atoms with Crippen molar-refractivity contribution >= 4 is 53.0 Å². The zero-order valence-corrected chi connectivity index (χ0v) is 18.2. The summed E-state index contributed by atoms with van der Waals surface area (Å²) in [6.07, 6.45) is -3.19. The number of amides is 3. The van der Waals surface area contributed by atoms with Crippen LogP contribution in [0, 0.1) is 5.41 Å². The van der Waals surface area contributed by atoms with E-state index in [1.165, 1.54) is 35.2 Å². The summed E-state index contributed by atoms with van der Waals surface area (Å²) in [5, 5.41) is 31.7. The number of nitrogen functional groups attached to an aromatic ring is 1. The first kappa shape index (κ1) is 25.7. The number of carbonyl (C=O) groups excluding carboxylic acids is 3. The third-order valence-electron chi connectivity index (χ3n) is 4.73. The molecule has 1 aliphatic rings. The zero-order valence-electron chi connectivity index (χ0n) is 17.4. The topological polar surface area (TPSA) is 178 Å². The van der Waals surface area contributed by atoms with Gasteiger partial charge in [-0.25, -0.2) is 0 Å². The first-order valence-corrected chi connectivity index (χ1v) is 9.67. The van der Waals surface area contributed by atoms with Crippen molar-refractivity contribution in [3.05, 3.63) is 54.1 Å². The summed E-state index contributed by atoms with van der Waals surface area (Å²) in [7, 11) is 0. The highest BCUT2D eigenvalue weighted by molar-refractivity contribution is 6.04. The van der Waals surface area contributed by atoms with Crippen LogP contribution in [0.5, 0.6) is 0 Å². The van der Waals surface area contributed by atoms with Crippen LogP contribution in [-0.4, -0.2) is 65.7 Å². The van der Waals surface area contributed by atoms with Crippen LogP contribution >= 0.6 is 12.4 Å². The Morgan fingerprint density at radius 1 is 1.18 bits per heavy atom. The summed E-state index contributed by atoms with van der Waals surface area (Å²) in [6.45, 7) is -0.406. The van der Waals surface area contributed by atoms with Gasteiger partial charge in [0.05, 0.1) is 6.61 Å². The van der Waals surface area contributed by atoms with E-state index in [1.807, 2.05) is 0 Å². The number of nitrogens with two attached hydrogens (primary N) is 1. The third-order valence-corrected chi connectivity index (χ3v) is 4.73. The summed E-state index contributed by atoms with van der Waals surface area (Å²) in [5.74, 6) is -2.16. The molecule has 33 heavy (non-hydrogen) atoms. The molecule has 2 atom stereocenters. The summed E-state index contributed by atoms with van der Waals surface area (Å²) in [4.78, 5) is 38.2. The highest BCUT2D eigenvalue weighted by Gasteiger charge is 2.39. The molecule has 1 saturated heterocycles. The number of halogens is 1. The van der Waals surface area contributed by atoms with Gasteiger partial charge in [-0.15, -0.1) is 12.4 Å². The number of anilines is 3. The Hall–Kier alpha value is -3.51. The van der Waals surface area contributed by atoms with Crippen LogP contribution in [0.2, 0.25) is 0 Å². The first-order valence-electron chi connectivity index (χ1n) is 9.67. The van der Waals surface area contributed by atoms with Gasteiger partial charge in [-0.3, -0.25) is 19.8 Å². The molecule has 176 valence electrons. The lowest BCUT2D eigenvalue weighted by molar-refractivity contribution is -0.150. The van der Waals surface area contributed by atoms with E-state index in [4.69, 9.17) is 21.0 Å². The summed E-state index contributed by atoms with van der Waals surface area (Å²) in [5.41, 5.74) is 7.04. The number of rotatable bonds is 7. The molecule has 3 rings (SSSR count). The van der Waals surface area contributed by atoms with Crippen LogP contribution in [-0.2, 0) is 19.1 Å². The predicted molar refractivity (Wildman–Crippen MR) is 124 cm³/mol. The van der Waals surface area contributed by atoms with E-state index < -0.39 is 36.5 Å². The third kappa shape index (κ3) is 6.26. The molecule has 3 amide bonds. The van der Waals surface area contributed by atoms with Crippen molar-refractivity contribution in [1.82, 2.24) is 0 Å². The number of aliphatic hydroxyl groups excluding tert-OH is 2. The van der Waals surface area contributed by atoms with Crippen molar-refractivity contribution < 1.29 is 29.3 Å². The summed E-state index contributed by atoms with van der Waals surface area (Å²) < 4.78 is 5.38. The van der Waals surface area contributed by atoms with Crippen LogP contribution in [0.3, 0.4) is 0 Å². The van der Waals surface area contributed by atoms with Gasteiger partial charge >= 0.3 is 0 Å². The van der Waals surface area contributed by atoms with E-state index in [9.17, 15) is 19.5 Å². The van der Waals surface area contributed by atoms with Gasteiger partial charge in [0.1, 0.15) is 12.4 Å². The number of amidine groups is 1. The van der Waals surface area contributed by atoms with E-state index in [1.54, 1.807) is 18.2 Å². The van der Waals surface area contributed by atoms with Gasteiger partial charge in [-0.05, 0) is 42.5 Å². The van der Waals surface area contributed by atoms with Crippen LogP contribution in [0.25, 0.3) is 0 Å². The molecular formula is C21H24ClN5O6. The standard InChI is InChI=1S/C21H23N5O6.ClH/c22-19(23)12-4-6-13(7-5-12)25-20(30)17(29)18-21(31)26(8-9-32-18)15-3-1-2-14(10-15)24-16(28)11-27;/h1-7,10,17-18,27,29H,8-9,11H2,(H3,22,23)(H,24,28)(H,25,30);1H/t17-,18-;/m1./s1. The fraction of sp³-hybridized carbons (Fsp3) is 0.238. The van der Waals surface area contributed by atoms with Crippen LogP contribution in [0.4, 0.5) is 17.1 Å².